The number of carbonyl (C=O) groups excluding carboxylic acids is 1. The molecule has 1 N–H and O–H groups in total. The van der Waals surface area contributed by atoms with Gasteiger partial charge in [-0.1, -0.05) is 47.7 Å². The highest BCUT2D eigenvalue weighted by Crippen LogP contribution is 2.22. The smallest absolute Gasteiger partial charge is 0.230 e. The van der Waals surface area contributed by atoms with Crippen molar-refractivity contribution in [3.05, 3.63) is 47.0 Å². The molecule has 1 amide bonds. The molecule has 0 radical (unpaired) electrons. The largest absolute Gasteiger partial charge is 0.300 e. The Bertz CT molecular complexity index is 590. The lowest BCUT2D eigenvalue weighted by molar-refractivity contribution is -0.115. The van der Waals surface area contributed by atoms with Crippen LogP contribution in [-0.4, -0.2) is 16.1 Å². The van der Waals surface area contributed by atoms with Gasteiger partial charge in [0.05, 0.1) is 6.42 Å². The maximum Gasteiger partial charge on any atom is 0.230 e. The number of allylic oxidation sites excluding steroid dienone is 2. The lowest BCUT2D eigenvalue weighted by Gasteiger charge is -2.00. The Morgan fingerprint density at radius 1 is 1.32 bits per heavy atom. The van der Waals surface area contributed by atoms with Crippen LogP contribution in [0.4, 0.5) is 5.13 Å². The topological polar surface area (TPSA) is 54.9 Å². The van der Waals surface area contributed by atoms with Crippen LogP contribution in [0.1, 0.15) is 24.4 Å². The summed E-state index contributed by atoms with van der Waals surface area (Å²) in [6, 6.07) is 9.62. The summed E-state index contributed by atoms with van der Waals surface area (Å²) in [6.45, 7) is 3.92. The van der Waals surface area contributed by atoms with E-state index in [1.165, 1.54) is 11.3 Å². The normalized spacial score (nSPS) is 11.4. The molecule has 1 aromatic heterocycles. The van der Waals surface area contributed by atoms with E-state index in [1.807, 2.05) is 50.3 Å². The van der Waals surface area contributed by atoms with Crippen LogP contribution in [0.15, 0.2) is 36.4 Å². The minimum absolute atomic E-state index is 0.0768. The first-order valence-electron chi connectivity index (χ1n) is 5.99. The van der Waals surface area contributed by atoms with Gasteiger partial charge in [0.2, 0.25) is 11.0 Å². The summed E-state index contributed by atoms with van der Waals surface area (Å²) in [7, 11) is 0. The summed E-state index contributed by atoms with van der Waals surface area (Å²) in [6.07, 6.45) is 2.31. The summed E-state index contributed by atoms with van der Waals surface area (Å²) in [5.41, 5.74) is 2.04. The van der Waals surface area contributed by atoms with Crippen molar-refractivity contribution in [3.8, 4) is 0 Å². The van der Waals surface area contributed by atoms with Crippen LogP contribution in [0.3, 0.4) is 0 Å². The predicted octanol–water partition coefficient (Wildman–Crippen LogP) is 3.14. The van der Waals surface area contributed by atoms with E-state index in [0.717, 1.165) is 16.1 Å². The second-order valence-electron chi connectivity index (χ2n) is 4.09. The van der Waals surface area contributed by atoms with Crippen LogP contribution in [0.25, 0.3) is 5.57 Å². The molecular weight excluding hydrogens is 258 g/mol. The van der Waals surface area contributed by atoms with Gasteiger partial charge in [-0.05, 0) is 25.0 Å². The number of carbonyl (C=O) groups is 1. The minimum Gasteiger partial charge on any atom is -0.300 e. The standard InChI is InChI=1S/C14H15N3OS/c1-3-10(2)13-16-17-14(19-13)15-12(18)9-11-7-5-4-6-8-11/h3-8H,9H2,1-2H3,(H,15,17,18). The second-order valence-corrected chi connectivity index (χ2v) is 5.07. The minimum atomic E-state index is -0.0768. The van der Waals surface area contributed by atoms with Crippen LogP contribution in [-0.2, 0) is 11.2 Å². The number of hydrogen-bond donors (Lipinski definition) is 1. The van der Waals surface area contributed by atoms with Crippen LogP contribution < -0.4 is 5.32 Å². The Kier molecular flexibility index (Phi) is 4.41. The summed E-state index contributed by atoms with van der Waals surface area (Å²) in [5.74, 6) is -0.0768. The molecule has 98 valence electrons. The van der Waals surface area contributed by atoms with Gasteiger partial charge in [0.25, 0.3) is 0 Å². The van der Waals surface area contributed by atoms with Gasteiger partial charge in [-0.15, -0.1) is 10.2 Å². The molecule has 19 heavy (non-hydrogen) atoms. The number of nitrogens with zero attached hydrogens (tertiary/aromatic N) is 2. The highest BCUT2D eigenvalue weighted by molar-refractivity contribution is 7.16. The van der Waals surface area contributed by atoms with Crippen molar-refractivity contribution < 1.29 is 4.79 Å². The maximum atomic E-state index is 11.8. The van der Waals surface area contributed by atoms with Gasteiger partial charge in [0, 0.05) is 0 Å². The summed E-state index contributed by atoms with van der Waals surface area (Å²) in [4.78, 5) is 11.8. The number of nitrogens with one attached hydrogen (secondary N) is 1. The molecule has 0 aliphatic carbocycles. The first-order chi connectivity index (χ1) is 9.19. The zero-order valence-electron chi connectivity index (χ0n) is 10.9. The number of benzene rings is 1. The molecule has 0 fully saturated rings. The van der Waals surface area contributed by atoms with Gasteiger partial charge in [-0.2, -0.15) is 0 Å². The Hall–Kier alpha value is -2.01. The fourth-order valence-corrected chi connectivity index (χ4v) is 2.29. The average molecular weight is 273 g/mol. The molecule has 1 aromatic carbocycles. The zero-order chi connectivity index (χ0) is 13.7. The van der Waals surface area contributed by atoms with Crippen molar-refractivity contribution >= 4 is 27.9 Å². The fourth-order valence-electron chi connectivity index (χ4n) is 1.50. The van der Waals surface area contributed by atoms with E-state index in [1.54, 1.807) is 0 Å². The molecule has 0 atom stereocenters. The summed E-state index contributed by atoms with van der Waals surface area (Å²) < 4.78 is 0. The maximum absolute atomic E-state index is 11.8. The number of hydrogen-bond acceptors (Lipinski definition) is 4. The first-order valence-corrected chi connectivity index (χ1v) is 6.81. The molecule has 0 bridgehead atoms. The third-order valence-corrected chi connectivity index (χ3v) is 3.62. The first kappa shape index (κ1) is 13.4. The van der Waals surface area contributed by atoms with Crippen LogP contribution >= 0.6 is 11.3 Å². The van der Waals surface area contributed by atoms with Gasteiger partial charge < -0.3 is 5.32 Å². The monoisotopic (exact) mass is 273 g/mol. The SMILES string of the molecule is CC=C(C)c1nnc(NC(=O)Cc2ccccc2)s1. The average Bonchev–Trinajstić information content (AvgIpc) is 2.87. The molecule has 0 aliphatic rings. The highest BCUT2D eigenvalue weighted by atomic mass is 32.1. The highest BCUT2D eigenvalue weighted by Gasteiger charge is 2.09. The van der Waals surface area contributed by atoms with E-state index in [4.69, 9.17) is 0 Å². The molecule has 4 nitrogen and oxygen atoms in total. The molecular formula is C14H15N3OS. The molecule has 2 aromatic rings. The Morgan fingerprint density at radius 2 is 2.05 bits per heavy atom. The van der Waals surface area contributed by atoms with Gasteiger partial charge >= 0.3 is 0 Å². The van der Waals surface area contributed by atoms with E-state index in [-0.39, 0.29) is 5.91 Å². The molecule has 0 aliphatic heterocycles. The molecule has 1 heterocycles. The summed E-state index contributed by atoms with van der Waals surface area (Å²) >= 11 is 1.38. The van der Waals surface area contributed by atoms with Crippen LogP contribution in [0.2, 0.25) is 0 Å². The molecule has 5 heteroatoms. The van der Waals surface area contributed by atoms with Crippen LogP contribution in [0.5, 0.6) is 0 Å². The van der Waals surface area contributed by atoms with Crippen LogP contribution in [0, 0.1) is 0 Å². The van der Waals surface area contributed by atoms with Gasteiger partial charge in [-0.25, -0.2) is 0 Å². The Labute approximate surface area is 116 Å². The van der Waals surface area contributed by atoms with Crippen molar-refractivity contribution in [2.24, 2.45) is 0 Å². The van der Waals surface area contributed by atoms with Crippen molar-refractivity contribution in [1.29, 1.82) is 0 Å². The predicted molar refractivity (Wildman–Crippen MR) is 78.0 cm³/mol. The quantitative estimate of drug-likeness (QED) is 0.931. The second kappa shape index (κ2) is 6.24. The number of aromatic nitrogens is 2. The fraction of sp³-hybridized carbons (Fsp3) is 0.214. The zero-order valence-corrected chi connectivity index (χ0v) is 11.7. The lowest BCUT2D eigenvalue weighted by atomic mass is 10.1. The number of rotatable bonds is 4. The lowest BCUT2D eigenvalue weighted by Crippen LogP contribution is -2.14. The van der Waals surface area contributed by atoms with E-state index in [9.17, 15) is 4.79 Å². The van der Waals surface area contributed by atoms with E-state index >= 15 is 0 Å². The molecule has 0 spiro atoms. The van der Waals surface area contributed by atoms with Crippen molar-refractivity contribution in [1.82, 2.24) is 10.2 Å². The molecule has 0 unspecified atom stereocenters. The molecule has 0 saturated carbocycles. The Balaban J connectivity index is 1.98. The van der Waals surface area contributed by atoms with Gasteiger partial charge in [0.1, 0.15) is 5.01 Å². The number of anilines is 1. The van der Waals surface area contributed by atoms with E-state index in [0.29, 0.717) is 11.6 Å². The van der Waals surface area contributed by atoms with Gasteiger partial charge in [-0.3, -0.25) is 4.79 Å². The van der Waals surface area contributed by atoms with Gasteiger partial charge in [0.15, 0.2) is 0 Å². The third kappa shape index (κ3) is 3.72. The van der Waals surface area contributed by atoms with Crippen molar-refractivity contribution in [2.75, 3.05) is 5.32 Å². The Morgan fingerprint density at radius 3 is 2.74 bits per heavy atom. The van der Waals surface area contributed by atoms with Crippen molar-refractivity contribution in [2.45, 2.75) is 20.3 Å². The molecule has 2 rings (SSSR count). The van der Waals surface area contributed by atoms with E-state index < -0.39 is 0 Å². The molecule has 0 saturated heterocycles. The number of amides is 1. The van der Waals surface area contributed by atoms with Crippen molar-refractivity contribution in [3.63, 3.8) is 0 Å². The third-order valence-electron chi connectivity index (χ3n) is 2.65. The summed E-state index contributed by atoms with van der Waals surface area (Å²) in [5, 5.41) is 12.1. The van der Waals surface area contributed by atoms with E-state index in [2.05, 4.69) is 15.5 Å².